The summed E-state index contributed by atoms with van der Waals surface area (Å²) in [6, 6.07) is 24.2. The van der Waals surface area contributed by atoms with E-state index in [0.29, 0.717) is 41.2 Å². The number of carbonyl (C=O) groups excluding carboxylic acids is 2. The Balaban J connectivity index is 1.84. The summed E-state index contributed by atoms with van der Waals surface area (Å²) in [5.74, 6) is 0.956. The number of thioether (sulfide) groups is 1. The lowest BCUT2D eigenvalue weighted by molar-refractivity contribution is -0.139. The molecule has 1 atom stereocenters. The fourth-order valence-electron chi connectivity index (χ4n) is 3.77. The lowest BCUT2D eigenvalue weighted by Gasteiger charge is -2.32. The Hall–Kier alpha value is -2.47. The fraction of sp³-hybridized carbons (Fsp3) is 0.310. The molecule has 0 saturated carbocycles. The Kier molecular flexibility index (Phi) is 11.2. The van der Waals surface area contributed by atoms with Crippen LogP contribution in [-0.2, 0) is 28.3 Å². The van der Waals surface area contributed by atoms with Crippen molar-refractivity contribution in [2.45, 2.75) is 38.6 Å². The summed E-state index contributed by atoms with van der Waals surface area (Å²) in [5, 5.41) is 4.31. The van der Waals surface area contributed by atoms with E-state index in [2.05, 4.69) is 5.32 Å². The number of carbonyl (C=O) groups is 2. The molecule has 0 bridgehead atoms. The van der Waals surface area contributed by atoms with Gasteiger partial charge in [-0.15, -0.1) is 11.8 Å². The zero-order chi connectivity index (χ0) is 25.9. The minimum Gasteiger partial charge on any atom is -0.354 e. The molecule has 1 N–H and O–H groups in total. The van der Waals surface area contributed by atoms with Crippen LogP contribution in [0.4, 0.5) is 0 Å². The molecule has 0 radical (unpaired) electrons. The van der Waals surface area contributed by atoms with Crippen molar-refractivity contribution in [2.24, 2.45) is 5.92 Å². The second-order valence-corrected chi connectivity index (χ2v) is 11.0. The van der Waals surface area contributed by atoms with Crippen molar-refractivity contribution in [2.75, 3.05) is 12.3 Å². The molecule has 0 aliphatic rings. The van der Waals surface area contributed by atoms with E-state index in [0.717, 1.165) is 16.7 Å². The molecule has 3 aromatic rings. The van der Waals surface area contributed by atoms with Gasteiger partial charge in [-0.05, 0) is 46.9 Å². The molecule has 7 heteroatoms. The normalized spacial score (nSPS) is 11.8. The van der Waals surface area contributed by atoms with E-state index in [4.69, 9.17) is 23.2 Å². The van der Waals surface area contributed by atoms with Gasteiger partial charge in [0, 0.05) is 35.3 Å². The minimum atomic E-state index is -0.649. The zero-order valence-electron chi connectivity index (χ0n) is 20.6. The quantitative estimate of drug-likeness (QED) is 0.279. The molecule has 3 rings (SSSR count). The van der Waals surface area contributed by atoms with Crippen molar-refractivity contribution in [3.8, 4) is 0 Å². The molecule has 0 heterocycles. The highest BCUT2D eigenvalue weighted by molar-refractivity contribution is 7.99. The predicted molar refractivity (Wildman–Crippen MR) is 151 cm³/mol. The van der Waals surface area contributed by atoms with Crippen LogP contribution in [-0.4, -0.2) is 35.1 Å². The molecule has 3 aromatic carbocycles. The highest BCUT2D eigenvalue weighted by Crippen LogP contribution is 2.21. The third kappa shape index (κ3) is 9.20. The minimum absolute atomic E-state index is 0.0948. The lowest BCUT2D eigenvalue weighted by Crippen LogP contribution is -2.51. The van der Waals surface area contributed by atoms with Gasteiger partial charge in [0.15, 0.2) is 0 Å². The van der Waals surface area contributed by atoms with Crippen LogP contribution in [0.25, 0.3) is 0 Å². The van der Waals surface area contributed by atoms with E-state index in [-0.39, 0.29) is 17.6 Å². The number of amides is 2. The Labute approximate surface area is 228 Å². The van der Waals surface area contributed by atoms with E-state index in [9.17, 15) is 9.59 Å². The maximum absolute atomic E-state index is 13.6. The molecule has 190 valence electrons. The van der Waals surface area contributed by atoms with Crippen molar-refractivity contribution < 1.29 is 9.59 Å². The molecule has 0 fully saturated rings. The average molecular weight is 544 g/mol. The summed E-state index contributed by atoms with van der Waals surface area (Å²) >= 11 is 13.8. The summed E-state index contributed by atoms with van der Waals surface area (Å²) in [5.41, 5.74) is 2.93. The van der Waals surface area contributed by atoms with Crippen LogP contribution in [0.1, 0.15) is 30.5 Å². The fourth-order valence-corrected chi connectivity index (χ4v) is 5.06. The summed E-state index contributed by atoms with van der Waals surface area (Å²) in [7, 11) is 0. The van der Waals surface area contributed by atoms with Gasteiger partial charge in [0.05, 0.1) is 5.75 Å². The topological polar surface area (TPSA) is 49.4 Å². The zero-order valence-corrected chi connectivity index (χ0v) is 23.0. The molecule has 0 aromatic heterocycles. The summed E-state index contributed by atoms with van der Waals surface area (Å²) < 4.78 is 0. The third-order valence-corrected chi connectivity index (χ3v) is 7.04. The van der Waals surface area contributed by atoms with Gasteiger partial charge in [-0.25, -0.2) is 0 Å². The van der Waals surface area contributed by atoms with Crippen molar-refractivity contribution in [3.05, 3.63) is 106 Å². The predicted octanol–water partition coefficient (Wildman–Crippen LogP) is 6.64. The van der Waals surface area contributed by atoms with Crippen LogP contribution in [0.3, 0.4) is 0 Å². The summed E-state index contributed by atoms with van der Waals surface area (Å²) in [6.07, 6.45) is 0.427. The van der Waals surface area contributed by atoms with Gasteiger partial charge in [-0.3, -0.25) is 9.59 Å². The first-order valence-electron chi connectivity index (χ1n) is 12.0. The smallest absolute Gasteiger partial charge is 0.243 e. The SMILES string of the molecule is CC(C)CNC(=O)[C@H](Cc1ccccc1)N(Cc1cccc(Cl)c1)C(=O)CSCc1cccc(Cl)c1. The second-order valence-electron chi connectivity index (χ2n) is 9.12. The number of nitrogens with one attached hydrogen (secondary N) is 1. The highest BCUT2D eigenvalue weighted by atomic mass is 35.5. The van der Waals surface area contributed by atoms with Crippen molar-refractivity contribution in [3.63, 3.8) is 0 Å². The number of hydrogen-bond acceptors (Lipinski definition) is 3. The maximum Gasteiger partial charge on any atom is 0.243 e. The van der Waals surface area contributed by atoms with E-state index in [1.54, 1.807) is 11.0 Å². The first kappa shape index (κ1) is 28.1. The van der Waals surface area contributed by atoms with Gasteiger partial charge >= 0.3 is 0 Å². The van der Waals surface area contributed by atoms with E-state index >= 15 is 0 Å². The number of hydrogen-bond donors (Lipinski definition) is 1. The van der Waals surface area contributed by atoms with Crippen LogP contribution in [0.15, 0.2) is 78.9 Å². The monoisotopic (exact) mass is 542 g/mol. The van der Waals surface area contributed by atoms with Gasteiger partial charge in [-0.2, -0.15) is 0 Å². The first-order chi connectivity index (χ1) is 17.3. The van der Waals surface area contributed by atoms with Crippen LogP contribution >= 0.6 is 35.0 Å². The molecular weight excluding hydrogens is 511 g/mol. The number of rotatable bonds is 12. The van der Waals surface area contributed by atoms with Crippen molar-refractivity contribution in [1.82, 2.24) is 10.2 Å². The van der Waals surface area contributed by atoms with Crippen LogP contribution in [0.5, 0.6) is 0 Å². The Morgan fingerprint density at radius 3 is 2.11 bits per heavy atom. The maximum atomic E-state index is 13.6. The van der Waals surface area contributed by atoms with E-state index in [1.807, 2.05) is 86.6 Å². The van der Waals surface area contributed by atoms with E-state index in [1.165, 1.54) is 11.8 Å². The molecular formula is C29H32Cl2N2O2S. The average Bonchev–Trinajstić information content (AvgIpc) is 2.85. The summed E-state index contributed by atoms with van der Waals surface area (Å²) in [4.78, 5) is 28.8. The number of nitrogens with zero attached hydrogens (tertiary/aromatic N) is 1. The second kappa shape index (κ2) is 14.3. The first-order valence-corrected chi connectivity index (χ1v) is 13.9. The molecule has 4 nitrogen and oxygen atoms in total. The van der Waals surface area contributed by atoms with Gasteiger partial charge in [0.2, 0.25) is 11.8 Å². The number of halogens is 2. The molecule has 2 amide bonds. The molecule has 0 unspecified atom stereocenters. The van der Waals surface area contributed by atoms with E-state index < -0.39 is 6.04 Å². The summed E-state index contributed by atoms with van der Waals surface area (Å²) in [6.45, 7) is 4.94. The Morgan fingerprint density at radius 1 is 0.861 bits per heavy atom. The van der Waals surface area contributed by atoms with Gasteiger partial charge in [0.25, 0.3) is 0 Å². The standard InChI is InChI=1S/C29H32Cl2N2O2S/c1-21(2)17-32-29(35)27(16-22-8-4-3-5-9-22)33(18-23-10-6-12-25(30)14-23)28(34)20-36-19-24-11-7-13-26(31)15-24/h3-15,21,27H,16-20H2,1-2H3,(H,32,35)/t27-/m0/s1. The highest BCUT2D eigenvalue weighted by Gasteiger charge is 2.30. The van der Waals surface area contributed by atoms with Gasteiger partial charge < -0.3 is 10.2 Å². The molecule has 0 saturated heterocycles. The Morgan fingerprint density at radius 2 is 1.47 bits per heavy atom. The third-order valence-electron chi connectivity index (χ3n) is 5.58. The number of benzene rings is 3. The van der Waals surface area contributed by atoms with Crippen molar-refractivity contribution in [1.29, 1.82) is 0 Å². The molecule has 0 aliphatic heterocycles. The lowest BCUT2D eigenvalue weighted by atomic mass is 10.0. The Bertz CT molecular complexity index is 1140. The van der Waals surface area contributed by atoms with Crippen molar-refractivity contribution >= 4 is 46.8 Å². The van der Waals surface area contributed by atoms with Crippen LogP contribution in [0.2, 0.25) is 10.0 Å². The molecule has 0 aliphatic carbocycles. The van der Waals surface area contributed by atoms with Crippen LogP contribution in [0, 0.1) is 5.92 Å². The van der Waals surface area contributed by atoms with Gasteiger partial charge in [0.1, 0.15) is 6.04 Å². The largest absolute Gasteiger partial charge is 0.354 e. The van der Waals surface area contributed by atoms with Gasteiger partial charge in [-0.1, -0.05) is 91.6 Å². The molecule has 0 spiro atoms. The molecule has 36 heavy (non-hydrogen) atoms. The van der Waals surface area contributed by atoms with Crippen LogP contribution < -0.4 is 5.32 Å².